The van der Waals surface area contributed by atoms with E-state index in [-0.39, 0.29) is 5.82 Å². The minimum absolute atomic E-state index is 0.183. The highest BCUT2D eigenvalue weighted by atomic mass is 19.1. The number of fused-ring (bicyclic) bond motifs is 1. The van der Waals surface area contributed by atoms with E-state index in [9.17, 15) is 4.39 Å². The first kappa shape index (κ1) is 14.1. The van der Waals surface area contributed by atoms with E-state index < -0.39 is 0 Å². The van der Waals surface area contributed by atoms with Crippen molar-refractivity contribution in [3.63, 3.8) is 0 Å². The molecule has 1 aromatic carbocycles. The van der Waals surface area contributed by atoms with E-state index in [0.717, 1.165) is 30.5 Å². The summed E-state index contributed by atoms with van der Waals surface area (Å²) < 4.78 is 15.9. The fourth-order valence-electron chi connectivity index (χ4n) is 3.24. The molecule has 0 aliphatic heterocycles. The molecule has 0 atom stereocenters. The van der Waals surface area contributed by atoms with Gasteiger partial charge in [-0.15, -0.1) is 0 Å². The molecular formula is C18H17FN4. The molecule has 0 N–H and O–H groups in total. The summed E-state index contributed by atoms with van der Waals surface area (Å²) in [6.45, 7) is 0.461. The van der Waals surface area contributed by atoms with Crippen molar-refractivity contribution in [1.29, 1.82) is 0 Å². The Labute approximate surface area is 134 Å². The Bertz CT molecular complexity index is 826. The molecule has 0 spiro atoms. The van der Waals surface area contributed by atoms with Crippen LogP contribution >= 0.6 is 0 Å². The largest absolute Gasteiger partial charge is 0.264 e. The molecule has 1 aliphatic rings. The van der Waals surface area contributed by atoms with Gasteiger partial charge in [-0.05, 0) is 31.7 Å². The van der Waals surface area contributed by atoms with Gasteiger partial charge >= 0.3 is 0 Å². The minimum Gasteiger partial charge on any atom is -0.264 e. The zero-order chi connectivity index (χ0) is 15.6. The molecule has 2 heterocycles. The third kappa shape index (κ3) is 2.63. The third-order valence-corrected chi connectivity index (χ3v) is 4.37. The van der Waals surface area contributed by atoms with Gasteiger partial charge < -0.3 is 0 Å². The molecule has 0 radical (unpaired) electrons. The molecule has 0 fully saturated rings. The highest BCUT2D eigenvalue weighted by molar-refractivity contribution is 5.62. The first-order chi connectivity index (χ1) is 11.3. The van der Waals surface area contributed by atoms with E-state index in [1.807, 2.05) is 16.8 Å². The molecule has 4 nitrogen and oxygen atoms in total. The van der Waals surface area contributed by atoms with E-state index in [1.165, 1.54) is 30.1 Å². The van der Waals surface area contributed by atoms with Crippen molar-refractivity contribution in [1.82, 2.24) is 19.7 Å². The lowest BCUT2D eigenvalue weighted by atomic mass is 9.94. The van der Waals surface area contributed by atoms with Crippen LogP contribution in [-0.2, 0) is 19.4 Å². The van der Waals surface area contributed by atoms with E-state index in [1.54, 1.807) is 18.5 Å². The standard InChI is InChI=1S/C18H17FN4/c19-16-7-3-1-5-13(16)11-23-17-8-4-2-6-15(17)18(22-23)14-9-20-12-21-10-14/h1,3,5,7,9-10,12H,2,4,6,8,11H2. The van der Waals surface area contributed by atoms with Gasteiger partial charge in [-0.1, -0.05) is 18.2 Å². The smallest absolute Gasteiger partial charge is 0.128 e. The van der Waals surface area contributed by atoms with Crippen molar-refractivity contribution in [2.24, 2.45) is 0 Å². The lowest BCUT2D eigenvalue weighted by Crippen LogP contribution is -2.11. The van der Waals surface area contributed by atoms with Crippen LogP contribution in [0.5, 0.6) is 0 Å². The van der Waals surface area contributed by atoms with Crippen molar-refractivity contribution in [3.8, 4) is 11.3 Å². The molecule has 0 saturated carbocycles. The van der Waals surface area contributed by atoms with Crippen molar-refractivity contribution < 1.29 is 4.39 Å². The molecular weight excluding hydrogens is 291 g/mol. The van der Waals surface area contributed by atoms with Crippen LogP contribution in [0, 0.1) is 5.82 Å². The van der Waals surface area contributed by atoms with Crippen LogP contribution in [0.25, 0.3) is 11.3 Å². The Balaban J connectivity index is 1.79. The second-order valence-electron chi connectivity index (χ2n) is 5.86. The van der Waals surface area contributed by atoms with E-state index in [0.29, 0.717) is 12.1 Å². The van der Waals surface area contributed by atoms with Gasteiger partial charge in [0.1, 0.15) is 12.1 Å². The van der Waals surface area contributed by atoms with Crippen molar-refractivity contribution in [2.45, 2.75) is 32.2 Å². The summed E-state index contributed by atoms with van der Waals surface area (Å²) in [4.78, 5) is 8.19. The fourth-order valence-corrected chi connectivity index (χ4v) is 3.24. The zero-order valence-corrected chi connectivity index (χ0v) is 12.7. The first-order valence-electron chi connectivity index (χ1n) is 7.90. The molecule has 2 aromatic heterocycles. The summed E-state index contributed by atoms with van der Waals surface area (Å²) in [6.07, 6.45) is 9.42. The van der Waals surface area contributed by atoms with Crippen LogP contribution in [-0.4, -0.2) is 19.7 Å². The second-order valence-corrected chi connectivity index (χ2v) is 5.86. The number of halogens is 1. The average molecular weight is 308 g/mol. The lowest BCUT2D eigenvalue weighted by Gasteiger charge is -2.14. The molecule has 0 saturated heterocycles. The SMILES string of the molecule is Fc1ccccc1Cn1nc(-c2cncnc2)c2c1CCCC2. The third-order valence-electron chi connectivity index (χ3n) is 4.37. The Morgan fingerprint density at radius 3 is 2.65 bits per heavy atom. The van der Waals surface area contributed by atoms with Gasteiger partial charge in [0.05, 0.1) is 12.2 Å². The van der Waals surface area contributed by atoms with Crippen LogP contribution in [0.15, 0.2) is 43.0 Å². The Hall–Kier alpha value is -2.56. The molecule has 23 heavy (non-hydrogen) atoms. The lowest BCUT2D eigenvalue weighted by molar-refractivity contribution is 0.561. The second kappa shape index (κ2) is 5.91. The average Bonchev–Trinajstić information content (AvgIpc) is 2.97. The predicted molar refractivity (Wildman–Crippen MR) is 85.4 cm³/mol. The van der Waals surface area contributed by atoms with E-state index in [4.69, 9.17) is 5.10 Å². The summed E-state index contributed by atoms with van der Waals surface area (Å²) in [7, 11) is 0. The maximum atomic E-state index is 14.0. The number of benzene rings is 1. The summed E-state index contributed by atoms with van der Waals surface area (Å²) in [5.41, 5.74) is 5.02. The molecule has 0 amide bonds. The topological polar surface area (TPSA) is 43.6 Å². The summed E-state index contributed by atoms with van der Waals surface area (Å²) in [5, 5.41) is 4.77. The minimum atomic E-state index is -0.183. The van der Waals surface area contributed by atoms with Gasteiger partial charge in [0.25, 0.3) is 0 Å². The number of rotatable bonds is 3. The zero-order valence-electron chi connectivity index (χ0n) is 12.7. The van der Waals surface area contributed by atoms with Crippen molar-refractivity contribution >= 4 is 0 Å². The Kier molecular flexibility index (Phi) is 3.61. The predicted octanol–water partition coefficient (Wildman–Crippen LogP) is 3.41. The molecule has 0 bridgehead atoms. The van der Waals surface area contributed by atoms with Crippen LogP contribution < -0.4 is 0 Å². The molecule has 5 heteroatoms. The molecule has 3 aromatic rings. The number of aromatic nitrogens is 4. The van der Waals surface area contributed by atoms with E-state index in [2.05, 4.69) is 9.97 Å². The van der Waals surface area contributed by atoms with Gasteiger partial charge in [0, 0.05) is 34.8 Å². The van der Waals surface area contributed by atoms with Crippen LogP contribution in [0.2, 0.25) is 0 Å². The maximum Gasteiger partial charge on any atom is 0.128 e. The van der Waals surface area contributed by atoms with E-state index >= 15 is 0 Å². The molecule has 1 aliphatic carbocycles. The Morgan fingerprint density at radius 2 is 1.83 bits per heavy atom. The number of hydrogen-bond acceptors (Lipinski definition) is 3. The highest BCUT2D eigenvalue weighted by Gasteiger charge is 2.22. The number of hydrogen-bond donors (Lipinski definition) is 0. The van der Waals surface area contributed by atoms with Crippen LogP contribution in [0.1, 0.15) is 29.7 Å². The summed E-state index contributed by atoms with van der Waals surface area (Å²) >= 11 is 0. The van der Waals surface area contributed by atoms with Crippen molar-refractivity contribution in [3.05, 3.63) is 65.6 Å². The maximum absolute atomic E-state index is 14.0. The van der Waals surface area contributed by atoms with Gasteiger partial charge in [-0.2, -0.15) is 5.10 Å². The highest BCUT2D eigenvalue weighted by Crippen LogP contribution is 2.31. The fraction of sp³-hybridized carbons (Fsp3) is 0.278. The van der Waals surface area contributed by atoms with Crippen molar-refractivity contribution in [2.75, 3.05) is 0 Å². The quantitative estimate of drug-likeness (QED) is 0.745. The van der Waals surface area contributed by atoms with Crippen LogP contribution in [0.3, 0.4) is 0 Å². The normalized spacial score (nSPS) is 13.8. The van der Waals surface area contributed by atoms with Crippen LogP contribution in [0.4, 0.5) is 4.39 Å². The molecule has 4 rings (SSSR count). The molecule has 116 valence electrons. The Morgan fingerprint density at radius 1 is 1.04 bits per heavy atom. The molecule has 0 unspecified atom stereocenters. The monoisotopic (exact) mass is 308 g/mol. The van der Waals surface area contributed by atoms with Gasteiger partial charge in [-0.3, -0.25) is 4.68 Å². The summed E-state index contributed by atoms with van der Waals surface area (Å²) in [6, 6.07) is 6.89. The van der Waals surface area contributed by atoms with Gasteiger partial charge in [-0.25, -0.2) is 14.4 Å². The van der Waals surface area contributed by atoms with Gasteiger partial charge in [0.15, 0.2) is 0 Å². The summed E-state index contributed by atoms with van der Waals surface area (Å²) in [5.74, 6) is -0.183. The van der Waals surface area contributed by atoms with Gasteiger partial charge in [0.2, 0.25) is 0 Å². The first-order valence-corrected chi connectivity index (χ1v) is 7.90. The number of nitrogens with zero attached hydrogens (tertiary/aromatic N) is 4.